The van der Waals surface area contributed by atoms with Crippen molar-refractivity contribution < 1.29 is 8.42 Å². The van der Waals surface area contributed by atoms with Gasteiger partial charge in [-0.05, 0) is 62.5 Å². The molecule has 2 aromatic carbocycles. The maximum Gasteiger partial charge on any atom is 0.244 e. The van der Waals surface area contributed by atoms with Gasteiger partial charge in [0.05, 0.1) is 11.9 Å². The van der Waals surface area contributed by atoms with E-state index in [9.17, 15) is 8.42 Å². The standard InChI is InChI=1S/C23H28N4O2S/c1-16-19(18-7-3-5-9-21(18)26(16)2)15-27-13-11-17(12-14-27)23-24-20-8-4-6-10-22(20)30(28,29)25-23/h3-10,17,23-25H,11-15H2,1-2H3/t23-/m0/s1. The molecule has 5 rings (SSSR count). The minimum absolute atomic E-state index is 0.244. The number of likely N-dealkylation sites (tertiary alicyclic amines) is 1. The van der Waals surface area contributed by atoms with Crippen molar-refractivity contribution in [3.05, 3.63) is 59.8 Å². The quantitative estimate of drug-likeness (QED) is 0.676. The van der Waals surface area contributed by atoms with Gasteiger partial charge in [0.15, 0.2) is 0 Å². The van der Waals surface area contributed by atoms with Crippen molar-refractivity contribution in [3.63, 3.8) is 0 Å². The third kappa shape index (κ3) is 3.31. The highest BCUT2D eigenvalue weighted by Crippen LogP contribution is 2.32. The Hall–Kier alpha value is -2.35. The zero-order chi connectivity index (χ0) is 20.9. The maximum atomic E-state index is 12.6. The van der Waals surface area contributed by atoms with Crippen LogP contribution < -0.4 is 10.0 Å². The average Bonchev–Trinajstić information content (AvgIpc) is 2.99. The third-order valence-electron chi connectivity index (χ3n) is 6.79. The third-order valence-corrected chi connectivity index (χ3v) is 8.28. The lowest BCUT2D eigenvalue weighted by Gasteiger charge is -2.39. The minimum atomic E-state index is -3.46. The summed E-state index contributed by atoms with van der Waals surface area (Å²) >= 11 is 0. The highest BCUT2D eigenvalue weighted by atomic mass is 32.2. The van der Waals surface area contributed by atoms with Gasteiger partial charge in [-0.1, -0.05) is 30.3 Å². The Labute approximate surface area is 177 Å². The summed E-state index contributed by atoms with van der Waals surface area (Å²) in [4.78, 5) is 2.83. The van der Waals surface area contributed by atoms with E-state index >= 15 is 0 Å². The van der Waals surface area contributed by atoms with Crippen molar-refractivity contribution in [1.82, 2.24) is 14.2 Å². The molecule has 7 heteroatoms. The Morgan fingerprint density at radius 1 is 1.03 bits per heavy atom. The van der Waals surface area contributed by atoms with Crippen LogP contribution in [0.2, 0.25) is 0 Å². The van der Waals surface area contributed by atoms with Crippen LogP contribution in [0.25, 0.3) is 10.9 Å². The number of nitrogens with one attached hydrogen (secondary N) is 2. The number of fused-ring (bicyclic) bond motifs is 2. The van der Waals surface area contributed by atoms with Crippen molar-refractivity contribution >= 4 is 26.6 Å². The number of sulfonamides is 1. The van der Waals surface area contributed by atoms with Crippen LogP contribution in [0.3, 0.4) is 0 Å². The highest BCUT2D eigenvalue weighted by Gasteiger charge is 2.35. The molecular formula is C23H28N4O2S. The van der Waals surface area contributed by atoms with E-state index in [0.29, 0.717) is 10.6 Å². The number of hydrogen-bond donors (Lipinski definition) is 2. The van der Waals surface area contributed by atoms with E-state index in [1.165, 1.54) is 22.2 Å². The van der Waals surface area contributed by atoms with Crippen molar-refractivity contribution in [2.75, 3.05) is 18.4 Å². The van der Waals surface area contributed by atoms with Gasteiger partial charge in [-0.3, -0.25) is 4.90 Å². The molecule has 3 aromatic rings. The summed E-state index contributed by atoms with van der Waals surface area (Å²) in [6, 6.07) is 15.7. The number of piperidine rings is 1. The van der Waals surface area contributed by atoms with Crippen LogP contribution in [0.15, 0.2) is 53.4 Å². The number of aryl methyl sites for hydroxylation is 1. The zero-order valence-electron chi connectivity index (χ0n) is 17.4. The number of aromatic nitrogens is 1. The van der Waals surface area contributed by atoms with Crippen molar-refractivity contribution in [3.8, 4) is 0 Å². The summed E-state index contributed by atoms with van der Waals surface area (Å²) in [6.45, 7) is 5.07. The number of hydrogen-bond acceptors (Lipinski definition) is 4. The molecule has 2 aliphatic heterocycles. The molecule has 1 fully saturated rings. The van der Waals surface area contributed by atoms with E-state index in [0.717, 1.165) is 32.5 Å². The Balaban J connectivity index is 1.29. The van der Waals surface area contributed by atoms with Gasteiger partial charge in [0.25, 0.3) is 0 Å². The zero-order valence-corrected chi connectivity index (χ0v) is 18.2. The molecule has 158 valence electrons. The molecule has 0 radical (unpaired) electrons. The molecule has 0 bridgehead atoms. The van der Waals surface area contributed by atoms with Crippen LogP contribution in [0.5, 0.6) is 0 Å². The number of nitrogens with zero attached hydrogens (tertiary/aromatic N) is 2. The number of para-hydroxylation sites is 2. The first-order chi connectivity index (χ1) is 14.4. The van der Waals surface area contributed by atoms with Crippen LogP contribution in [0, 0.1) is 12.8 Å². The first kappa shape index (κ1) is 19.6. The smallest absolute Gasteiger partial charge is 0.244 e. The fraction of sp³-hybridized carbons (Fsp3) is 0.391. The van der Waals surface area contributed by atoms with E-state index in [-0.39, 0.29) is 12.1 Å². The highest BCUT2D eigenvalue weighted by molar-refractivity contribution is 7.89. The fourth-order valence-electron chi connectivity index (χ4n) is 4.93. The molecule has 0 aliphatic carbocycles. The molecule has 2 N–H and O–H groups in total. The van der Waals surface area contributed by atoms with Crippen LogP contribution in [0.1, 0.15) is 24.1 Å². The van der Waals surface area contributed by atoms with Crippen LogP contribution in [-0.2, 0) is 23.6 Å². The second-order valence-electron chi connectivity index (χ2n) is 8.49. The van der Waals surface area contributed by atoms with Crippen molar-refractivity contribution in [1.29, 1.82) is 0 Å². The van der Waals surface area contributed by atoms with E-state index < -0.39 is 10.0 Å². The van der Waals surface area contributed by atoms with Gasteiger partial charge < -0.3 is 9.88 Å². The Bertz CT molecular complexity index is 1190. The first-order valence-electron chi connectivity index (χ1n) is 10.6. The topological polar surface area (TPSA) is 66.4 Å². The number of benzene rings is 2. The monoisotopic (exact) mass is 424 g/mol. The van der Waals surface area contributed by atoms with Gasteiger partial charge in [0.1, 0.15) is 4.90 Å². The summed E-state index contributed by atoms with van der Waals surface area (Å²) in [6.07, 6.45) is 1.68. The number of rotatable bonds is 3. The Morgan fingerprint density at radius 2 is 1.73 bits per heavy atom. The molecule has 30 heavy (non-hydrogen) atoms. The van der Waals surface area contributed by atoms with E-state index in [2.05, 4.69) is 57.7 Å². The Morgan fingerprint density at radius 3 is 2.53 bits per heavy atom. The molecule has 3 heterocycles. The molecule has 1 aromatic heterocycles. The van der Waals surface area contributed by atoms with Gasteiger partial charge in [-0.15, -0.1) is 0 Å². The average molecular weight is 425 g/mol. The summed E-state index contributed by atoms with van der Waals surface area (Å²) in [5.74, 6) is 0.276. The lowest BCUT2D eigenvalue weighted by Crippen LogP contribution is -2.51. The van der Waals surface area contributed by atoms with Crippen LogP contribution in [0.4, 0.5) is 5.69 Å². The summed E-state index contributed by atoms with van der Waals surface area (Å²) < 4.78 is 30.4. The van der Waals surface area contributed by atoms with Gasteiger partial charge in [-0.2, -0.15) is 4.72 Å². The van der Waals surface area contributed by atoms with Crippen molar-refractivity contribution in [2.45, 2.75) is 37.4 Å². The van der Waals surface area contributed by atoms with E-state index in [1.807, 2.05) is 12.1 Å². The molecular weight excluding hydrogens is 396 g/mol. The predicted octanol–water partition coefficient (Wildman–Crippen LogP) is 3.43. The lowest BCUT2D eigenvalue weighted by atomic mass is 9.93. The molecule has 0 spiro atoms. The molecule has 0 saturated carbocycles. The summed E-state index contributed by atoms with van der Waals surface area (Å²) in [7, 11) is -1.33. The van der Waals surface area contributed by atoms with E-state index in [4.69, 9.17) is 0 Å². The lowest BCUT2D eigenvalue weighted by molar-refractivity contribution is 0.163. The van der Waals surface area contributed by atoms with Gasteiger partial charge >= 0.3 is 0 Å². The van der Waals surface area contributed by atoms with E-state index in [1.54, 1.807) is 12.1 Å². The molecule has 0 amide bonds. The molecule has 2 aliphatic rings. The predicted molar refractivity (Wildman–Crippen MR) is 120 cm³/mol. The fourth-order valence-corrected chi connectivity index (χ4v) is 6.32. The molecule has 1 saturated heterocycles. The van der Waals surface area contributed by atoms with Crippen LogP contribution in [-0.4, -0.2) is 37.1 Å². The maximum absolute atomic E-state index is 12.6. The van der Waals surface area contributed by atoms with Crippen LogP contribution >= 0.6 is 0 Å². The van der Waals surface area contributed by atoms with Gasteiger partial charge in [0, 0.05) is 30.2 Å². The second-order valence-corrected chi connectivity index (χ2v) is 10.2. The molecule has 1 atom stereocenters. The molecule has 6 nitrogen and oxygen atoms in total. The summed E-state index contributed by atoms with van der Waals surface area (Å²) in [5, 5.41) is 4.74. The molecule has 0 unspecified atom stereocenters. The first-order valence-corrected chi connectivity index (χ1v) is 12.1. The largest absolute Gasteiger partial charge is 0.368 e. The van der Waals surface area contributed by atoms with Crippen molar-refractivity contribution in [2.24, 2.45) is 13.0 Å². The Kier molecular flexibility index (Phi) is 4.84. The minimum Gasteiger partial charge on any atom is -0.368 e. The number of anilines is 1. The second kappa shape index (κ2) is 7.41. The summed E-state index contributed by atoms with van der Waals surface area (Å²) in [5.41, 5.74) is 4.70. The van der Waals surface area contributed by atoms with Gasteiger partial charge in [-0.25, -0.2) is 8.42 Å². The SMILES string of the molecule is Cc1c(CN2CCC([C@H]3Nc4ccccc4S(=O)(=O)N3)CC2)c2ccccc2n1C. The normalized spacial score (nSPS) is 22.0. The van der Waals surface area contributed by atoms with Gasteiger partial charge in [0.2, 0.25) is 10.0 Å².